The predicted octanol–water partition coefficient (Wildman–Crippen LogP) is -4.78. The van der Waals surface area contributed by atoms with Crippen molar-refractivity contribution in [1.29, 1.82) is 0 Å². The summed E-state index contributed by atoms with van der Waals surface area (Å²) in [7, 11) is 0. The first kappa shape index (κ1) is 47.2. The minimum absolute atomic E-state index is 0.0328. The van der Waals surface area contributed by atoms with E-state index in [-0.39, 0.29) is 19.1 Å². The van der Waals surface area contributed by atoms with E-state index in [1.807, 2.05) is 0 Å². The van der Waals surface area contributed by atoms with Crippen LogP contribution in [0.4, 0.5) is 0 Å². The molecule has 1 amide bonds. The smallest absolute Gasteiger partial charge is 0.246 e. The van der Waals surface area contributed by atoms with Gasteiger partial charge in [0.25, 0.3) is 0 Å². The van der Waals surface area contributed by atoms with Gasteiger partial charge in [-0.2, -0.15) is 0 Å². The van der Waals surface area contributed by atoms with Crippen molar-refractivity contribution in [3.63, 3.8) is 0 Å². The fourth-order valence-corrected chi connectivity index (χ4v) is 4.92. The fraction of sp³-hybridized carbons (Fsp3) is 0.967. The van der Waals surface area contributed by atoms with Gasteiger partial charge in [-0.1, -0.05) is 5.11 Å². The van der Waals surface area contributed by atoms with E-state index >= 15 is 0 Å². The van der Waals surface area contributed by atoms with Crippen molar-refractivity contribution in [2.75, 3.05) is 190 Å². The lowest BCUT2D eigenvalue weighted by Crippen LogP contribution is -2.46. The van der Waals surface area contributed by atoms with Gasteiger partial charge in [-0.3, -0.25) is 24.4 Å². The SMILES string of the molecule is [N-]=[N+]=NCCOCCOCC(=O)NCCN(CCN)CCN(CCNCCN)CCN(CCNCCN)CCNCCN(CCN)CCN. The molecule has 0 saturated carbocycles. The topological polar surface area (TPSA) is 275 Å². The number of hydrogen-bond acceptors (Lipinski definition) is 16. The van der Waals surface area contributed by atoms with Crippen molar-refractivity contribution in [3.05, 3.63) is 10.4 Å². The van der Waals surface area contributed by atoms with Crippen LogP contribution in [0, 0.1) is 0 Å². The third-order valence-electron chi connectivity index (χ3n) is 7.62. The number of nitrogens with zero attached hydrogens (tertiary/aromatic N) is 7. The molecule has 14 N–H and O–H groups in total. The first-order valence-electron chi connectivity index (χ1n) is 18.0. The number of amides is 1. The quantitative estimate of drug-likeness (QED) is 0.0126. The predicted molar refractivity (Wildman–Crippen MR) is 198 cm³/mol. The molecule has 0 saturated heterocycles. The first-order chi connectivity index (χ1) is 24.0. The van der Waals surface area contributed by atoms with Crippen LogP contribution >= 0.6 is 0 Å². The Morgan fingerprint density at radius 3 is 1.41 bits per heavy atom. The number of nitrogens with two attached hydrogens (primary N) is 5. The van der Waals surface area contributed by atoms with Gasteiger partial charge in [-0.05, 0) is 5.53 Å². The zero-order valence-electron chi connectivity index (χ0n) is 30.2. The molecule has 0 aromatic heterocycles. The van der Waals surface area contributed by atoms with Crippen LogP contribution in [0.5, 0.6) is 0 Å². The van der Waals surface area contributed by atoms with Crippen molar-refractivity contribution in [2.24, 2.45) is 33.8 Å². The third kappa shape index (κ3) is 31.9. The molecule has 19 nitrogen and oxygen atoms in total. The molecule has 0 rings (SSSR count). The van der Waals surface area contributed by atoms with E-state index in [9.17, 15) is 4.79 Å². The monoisotopic (exact) mass is 705 g/mol. The summed E-state index contributed by atoms with van der Waals surface area (Å²) in [5.41, 5.74) is 37.1. The molecular weight excluding hydrogens is 632 g/mol. The molecule has 0 spiro atoms. The molecule has 0 fully saturated rings. The molecule has 0 unspecified atom stereocenters. The zero-order valence-corrected chi connectivity index (χ0v) is 30.2. The Labute approximate surface area is 295 Å². The van der Waals surface area contributed by atoms with E-state index in [0.29, 0.717) is 65.6 Å². The molecule has 19 heteroatoms. The van der Waals surface area contributed by atoms with Gasteiger partial charge in [-0.25, -0.2) is 0 Å². The Morgan fingerprint density at radius 1 is 0.531 bits per heavy atom. The summed E-state index contributed by atoms with van der Waals surface area (Å²) in [5, 5.41) is 16.8. The van der Waals surface area contributed by atoms with Crippen molar-refractivity contribution >= 4 is 5.91 Å². The molecule has 0 aromatic rings. The number of carbonyl (C=O) groups excluding carboxylic acids is 1. The van der Waals surface area contributed by atoms with Gasteiger partial charge in [0.2, 0.25) is 5.91 Å². The third-order valence-corrected chi connectivity index (χ3v) is 7.62. The van der Waals surface area contributed by atoms with E-state index < -0.39 is 0 Å². The minimum atomic E-state index is -0.173. The van der Waals surface area contributed by atoms with Crippen molar-refractivity contribution in [2.45, 2.75) is 0 Å². The molecule has 0 aliphatic heterocycles. The Kier molecular flexibility index (Phi) is 36.1. The largest absolute Gasteiger partial charge is 0.379 e. The van der Waals surface area contributed by atoms with E-state index in [4.69, 9.17) is 43.7 Å². The van der Waals surface area contributed by atoms with Gasteiger partial charge >= 0.3 is 0 Å². The summed E-state index contributed by atoms with van der Waals surface area (Å²) in [5.74, 6) is -0.173. The van der Waals surface area contributed by atoms with Crippen LogP contribution in [-0.4, -0.2) is 216 Å². The summed E-state index contributed by atoms with van der Waals surface area (Å²) < 4.78 is 10.6. The molecule has 290 valence electrons. The normalized spacial score (nSPS) is 11.7. The maximum Gasteiger partial charge on any atom is 0.246 e. The fourth-order valence-electron chi connectivity index (χ4n) is 4.92. The van der Waals surface area contributed by atoms with Crippen LogP contribution in [0.3, 0.4) is 0 Å². The summed E-state index contributed by atoms with van der Waals surface area (Å²) in [6.45, 7) is 20.4. The van der Waals surface area contributed by atoms with Gasteiger partial charge in [0.15, 0.2) is 0 Å². The molecule has 0 aliphatic rings. The lowest BCUT2D eigenvalue weighted by molar-refractivity contribution is -0.126. The van der Waals surface area contributed by atoms with Gasteiger partial charge in [0.05, 0.1) is 19.8 Å². The number of nitrogens with one attached hydrogen (secondary N) is 4. The second kappa shape index (κ2) is 37.5. The molecule has 0 bridgehead atoms. The highest BCUT2D eigenvalue weighted by Crippen LogP contribution is 1.96. The molecule has 0 heterocycles. The number of rotatable bonds is 39. The van der Waals surface area contributed by atoms with E-state index in [2.05, 4.69) is 50.9 Å². The molecule has 49 heavy (non-hydrogen) atoms. The van der Waals surface area contributed by atoms with Gasteiger partial charge < -0.3 is 59.4 Å². The van der Waals surface area contributed by atoms with Crippen LogP contribution in [0.15, 0.2) is 5.11 Å². The van der Waals surface area contributed by atoms with Crippen molar-refractivity contribution in [3.8, 4) is 0 Å². The Hall–Kier alpha value is -1.78. The molecule has 0 aromatic carbocycles. The minimum Gasteiger partial charge on any atom is -0.379 e. The van der Waals surface area contributed by atoms with Gasteiger partial charge in [-0.15, -0.1) is 0 Å². The second-order valence-corrected chi connectivity index (χ2v) is 11.5. The highest BCUT2D eigenvalue weighted by Gasteiger charge is 2.13. The molecule has 0 radical (unpaired) electrons. The van der Waals surface area contributed by atoms with Crippen LogP contribution in [-0.2, 0) is 14.3 Å². The second-order valence-electron chi connectivity index (χ2n) is 11.5. The highest BCUT2D eigenvalue weighted by molar-refractivity contribution is 5.77. The Balaban J connectivity index is 4.83. The summed E-state index contributed by atoms with van der Waals surface area (Å²) >= 11 is 0. The van der Waals surface area contributed by atoms with Crippen LogP contribution < -0.4 is 49.9 Å². The summed E-state index contributed by atoms with van der Waals surface area (Å²) in [6, 6.07) is 0. The molecular formula is C30H72N16O3. The number of hydrogen-bond donors (Lipinski definition) is 9. The van der Waals surface area contributed by atoms with E-state index in [1.54, 1.807) is 0 Å². The first-order valence-corrected chi connectivity index (χ1v) is 18.0. The lowest BCUT2D eigenvalue weighted by atomic mass is 10.3. The van der Waals surface area contributed by atoms with Crippen LogP contribution in [0.1, 0.15) is 0 Å². The van der Waals surface area contributed by atoms with Crippen molar-refractivity contribution in [1.82, 2.24) is 40.9 Å². The van der Waals surface area contributed by atoms with Crippen LogP contribution in [0.2, 0.25) is 0 Å². The number of carbonyl (C=O) groups is 1. The van der Waals surface area contributed by atoms with Crippen LogP contribution in [0.25, 0.3) is 10.4 Å². The lowest BCUT2D eigenvalue weighted by Gasteiger charge is -2.30. The molecule has 0 atom stereocenters. The maximum absolute atomic E-state index is 12.2. The Bertz CT molecular complexity index is 763. The zero-order chi connectivity index (χ0) is 36.0. The molecule has 0 aliphatic carbocycles. The average Bonchev–Trinajstić information content (AvgIpc) is 3.09. The number of azide groups is 1. The standard InChI is InChI=1S/C30H72N16O3/c31-1-6-37-8-18-45(19-11-39-10-17-43(14-3-33)15-4-34)23-25-46(20-9-38-7-2-32)24-22-44(16-5-35)21-12-40-30(47)29-49-28-27-48-26-13-41-42-36/h37-39H,1-29,31-35H2,(H,40,47). The average molecular weight is 705 g/mol. The summed E-state index contributed by atoms with van der Waals surface area (Å²) in [6.07, 6.45) is 0. The van der Waals surface area contributed by atoms with E-state index in [0.717, 1.165) is 111 Å². The highest BCUT2D eigenvalue weighted by atomic mass is 16.5. The number of ether oxygens (including phenoxy) is 2. The maximum atomic E-state index is 12.2. The van der Waals surface area contributed by atoms with Gasteiger partial charge in [0, 0.05) is 169 Å². The Morgan fingerprint density at radius 2 is 0.939 bits per heavy atom. The van der Waals surface area contributed by atoms with Crippen molar-refractivity contribution < 1.29 is 14.3 Å². The van der Waals surface area contributed by atoms with E-state index in [1.165, 1.54) is 0 Å². The summed E-state index contributed by atoms with van der Waals surface area (Å²) in [4.78, 5) is 24.5. The van der Waals surface area contributed by atoms with Gasteiger partial charge in [0.1, 0.15) is 6.61 Å².